The van der Waals surface area contributed by atoms with E-state index in [-0.39, 0.29) is 13.2 Å². The minimum Gasteiger partial charge on any atom is -0.493 e. The van der Waals surface area contributed by atoms with Gasteiger partial charge >= 0.3 is 0 Å². The Morgan fingerprint density at radius 2 is 1.84 bits per heavy atom. The van der Waals surface area contributed by atoms with Gasteiger partial charge in [-0.2, -0.15) is 0 Å². The maximum atomic E-state index is 9.21. The molecule has 0 aliphatic carbocycles. The fraction of sp³-hybridized carbons (Fsp3) is 0.538. The fourth-order valence-electron chi connectivity index (χ4n) is 1.55. The van der Waals surface area contributed by atoms with Gasteiger partial charge in [0.05, 0.1) is 38.0 Å². The number of benzene rings is 1. The maximum Gasteiger partial charge on any atom is 0.179 e. The van der Waals surface area contributed by atoms with Crippen molar-refractivity contribution in [3.8, 4) is 11.5 Å². The van der Waals surface area contributed by atoms with Crippen molar-refractivity contribution in [3.05, 3.63) is 22.7 Å². The van der Waals surface area contributed by atoms with Gasteiger partial charge in [0, 0.05) is 6.54 Å². The topological polar surface area (TPSA) is 71.0 Å². The molecule has 5 nitrogen and oxygen atoms in total. The highest BCUT2D eigenvalue weighted by atomic mass is 35.5. The molecule has 1 aromatic carbocycles. The Morgan fingerprint density at radius 1 is 1.21 bits per heavy atom. The highest BCUT2D eigenvalue weighted by Gasteiger charge is 2.21. The lowest BCUT2D eigenvalue weighted by Gasteiger charge is -2.26. The summed E-state index contributed by atoms with van der Waals surface area (Å²) in [5, 5.41) is 21.9. The SMILES string of the molecule is COc1cc(CNC(C)(CO)CO)cc(Cl)c1OC. The summed E-state index contributed by atoms with van der Waals surface area (Å²) in [5.74, 6) is 1.03. The largest absolute Gasteiger partial charge is 0.493 e. The van der Waals surface area contributed by atoms with Gasteiger partial charge in [0.15, 0.2) is 11.5 Å². The molecule has 1 aromatic rings. The summed E-state index contributed by atoms with van der Waals surface area (Å²) < 4.78 is 10.4. The number of methoxy groups -OCH3 is 2. The van der Waals surface area contributed by atoms with Crippen LogP contribution >= 0.6 is 11.6 Å². The van der Waals surface area contributed by atoms with Crippen molar-refractivity contribution in [2.45, 2.75) is 19.0 Å². The van der Waals surface area contributed by atoms with E-state index in [2.05, 4.69) is 5.32 Å². The van der Waals surface area contributed by atoms with Crippen molar-refractivity contribution in [1.82, 2.24) is 5.32 Å². The van der Waals surface area contributed by atoms with Crippen molar-refractivity contribution in [2.24, 2.45) is 0 Å². The van der Waals surface area contributed by atoms with E-state index in [1.807, 2.05) is 0 Å². The van der Waals surface area contributed by atoms with E-state index in [0.29, 0.717) is 23.1 Å². The quantitative estimate of drug-likeness (QED) is 0.703. The van der Waals surface area contributed by atoms with Crippen LogP contribution in [0.15, 0.2) is 12.1 Å². The van der Waals surface area contributed by atoms with Crippen LogP contribution in [0, 0.1) is 0 Å². The molecular weight excluding hydrogens is 270 g/mol. The maximum absolute atomic E-state index is 9.21. The van der Waals surface area contributed by atoms with E-state index in [0.717, 1.165) is 5.56 Å². The lowest BCUT2D eigenvalue weighted by molar-refractivity contribution is 0.103. The molecule has 108 valence electrons. The highest BCUT2D eigenvalue weighted by molar-refractivity contribution is 6.32. The molecule has 0 fully saturated rings. The number of ether oxygens (including phenoxy) is 2. The lowest BCUT2D eigenvalue weighted by Crippen LogP contribution is -2.48. The zero-order valence-electron chi connectivity index (χ0n) is 11.4. The van der Waals surface area contributed by atoms with Crippen molar-refractivity contribution in [1.29, 1.82) is 0 Å². The minimum absolute atomic E-state index is 0.162. The number of hydrogen-bond acceptors (Lipinski definition) is 5. The summed E-state index contributed by atoms with van der Waals surface area (Å²) in [4.78, 5) is 0. The monoisotopic (exact) mass is 289 g/mol. The molecule has 1 rings (SSSR count). The second kappa shape index (κ2) is 6.96. The van der Waals surface area contributed by atoms with E-state index in [9.17, 15) is 10.2 Å². The van der Waals surface area contributed by atoms with Gasteiger partial charge < -0.3 is 25.0 Å². The molecule has 0 saturated heterocycles. The standard InChI is InChI=1S/C13H20ClNO4/c1-13(7-16,8-17)15-6-9-4-10(14)12(19-3)11(5-9)18-2/h4-5,15-17H,6-8H2,1-3H3. The van der Waals surface area contributed by atoms with Crippen LogP contribution < -0.4 is 14.8 Å². The molecule has 6 heteroatoms. The summed E-state index contributed by atoms with van der Waals surface area (Å²) in [5.41, 5.74) is 0.135. The molecule has 0 aromatic heterocycles. The number of aliphatic hydroxyl groups excluding tert-OH is 2. The lowest BCUT2D eigenvalue weighted by atomic mass is 10.0. The highest BCUT2D eigenvalue weighted by Crippen LogP contribution is 2.36. The van der Waals surface area contributed by atoms with Crippen LogP contribution in [-0.4, -0.2) is 43.2 Å². The first-order valence-electron chi connectivity index (χ1n) is 5.87. The van der Waals surface area contributed by atoms with Crippen LogP contribution in [0.25, 0.3) is 0 Å². The first kappa shape index (κ1) is 16.0. The van der Waals surface area contributed by atoms with Crippen molar-refractivity contribution in [2.75, 3.05) is 27.4 Å². The molecule has 0 saturated carbocycles. The number of hydrogen-bond donors (Lipinski definition) is 3. The molecule has 0 aliphatic rings. The Morgan fingerprint density at radius 3 is 2.32 bits per heavy atom. The van der Waals surface area contributed by atoms with E-state index in [1.165, 1.54) is 14.2 Å². The predicted octanol–water partition coefficient (Wildman–Crippen LogP) is 1.19. The van der Waals surface area contributed by atoms with E-state index in [1.54, 1.807) is 19.1 Å². The zero-order valence-corrected chi connectivity index (χ0v) is 12.1. The molecule has 0 bridgehead atoms. The van der Waals surface area contributed by atoms with Crippen LogP contribution in [0.4, 0.5) is 0 Å². The normalized spacial score (nSPS) is 11.5. The Labute approximate surface area is 118 Å². The number of rotatable bonds is 7. The average molecular weight is 290 g/mol. The van der Waals surface area contributed by atoms with Crippen LogP contribution in [0.5, 0.6) is 11.5 Å². The molecule has 0 aliphatic heterocycles. The second-order valence-electron chi connectivity index (χ2n) is 4.54. The van der Waals surface area contributed by atoms with Crippen LogP contribution in [0.2, 0.25) is 5.02 Å². The van der Waals surface area contributed by atoms with Gasteiger partial charge in [0.25, 0.3) is 0 Å². The first-order valence-corrected chi connectivity index (χ1v) is 6.24. The van der Waals surface area contributed by atoms with Crippen molar-refractivity contribution in [3.63, 3.8) is 0 Å². The summed E-state index contributed by atoms with van der Waals surface area (Å²) in [7, 11) is 3.06. The fourth-order valence-corrected chi connectivity index (χ4v) is 1.86. The van der Waals surface area contributed by atoms with Gasteiger partial charge in [-0.25, -0.2) is 0 Å². The molecule has 0 unspecified atom stereocenters. The Kier molecular flexibility index (Phi) is 5.87. The van der Waals surface area contributed by atoms with Crippen LogP contribution in [0.3, 0.4) is 0 Å². The third-order valence-corrected chi connectivity index (χ3v) is 3.19. The summed E-state index contributed by atoms with van der Waals surface area (Å²) in [6.07, 6.45) is 0. The molecule has 3 N–H and O–H groups in total. The molecular formula is C13H20ClNO4. The zero-order chi connectivity index (χ0) is 14.5. The van der Waals surface area contributed by atoms with E-state index >= 15 is 0 Å². The summed E-state index contributed by atoms with van der Waals surface area (Å²) in [6.45, 7) is 1.85. The molecule has 0 radical (unpaired) electrons. The molecule has 0 spiro atoms. The van der Waals surface area contributed by atoms with Crippen LogP contribution in [0.1, 0.15) is 12.5 Å². The predicted molar refractivity (Wildman–Crippen MR) is 74.0 cm³/mol. The van der Waals surface area contributed by atoms with Crippen molar-refractivity contribution >= 4 is 11.6 Å². The average Bonchev–Trinajstić information content (AvgIpc) is 2.44. The van der Waals surface area contributed by atoms with Crippen LogP contribution in [-0.2, 0) is 6.54 Å². The molecule has 0 heterocycles. The van der Waals surface area contributed by atoms with E-state index < -0.39 is 5.54 Å². The minimum atomic E-state index is -0.736. The molecule has 19 heavy (non-hydrogen) atoms. The smallest absolute Gasteiger partial charge is 0.179 e. The van der Waals surface area contributed by atoms with Gasteiger partial charge in [-0.05, 0) is 24.6 Å². The number of nitrogens with one attached hydrogen (secondary N) is 1. The van der Waals surface area contributed by atoms with Gasteiger partial charge in [0.2, 0.25) is 0 Å². The van der Waals surface area contributed by atoms with Gasteiger partial charge in [-0.15, -0.1) is 0 Å². The number of halogens is 1. The summed E-state index contributed by atoms with van der Waals surface area (Å²) in [6, 6.07) is 3.55. The van der Waals surface area contributed by atoms with E-state index in [4.69, 9.17) is 21.1 Å². The summed E-state index contributed by atoms with van der Waals surface area (Å²) >= 11 is 6.10. The third kappa shape index (κ3) is 3.98. The second-order valence-corrected chi connectivity index (χ2v) is 4.95. The third-order valence-electron chi connectivity index (χ3n) is 2.91. The molecule has 0 atom stereocenters. The first-order chi connectivity index (χ1) is 8.99. The number of aliphatic hydroxyl groups is 2. The van der Waals surface area contributed by atoms with Gasteiger partial charge in [-0.1, -0.05) is 11.6 Å². The van der Waals surface area contributed by atoms with Crippen molar-refractivity contribution < 1.29 is 19.7 Å². The van der Waals surface area contributed by atoms with Gasteiger partial charge in [0.1, 0.15) is 0 Å². The Balaban J connectivity index is 2.88. The van der Waals surface area contributed by atoms with Gasteiger partial charge in [-0.3, -0.25) is 0 Å². The Bertz CT molecular complexity index is 421. The Hall–Kier alpha value is -1.01. The molecule has 0 amide bonds.